The van der Waals surface area contributed by atoms with Gasteiger partial charge in [-0.3, -0.25) is 4.99 Å². The lowest BCUT2D eigenvalue weighted by Gasteiger charge is -2.03. The summed E-state index contributed by atoms with van der Waals surface area (Å²) >= 11 is 0. The third-order valence-electron chi connectivity index (χ3n) is 3.08. The first-order chi connectivity index (χ1) is 10.3. The van der Waals surface area contributed by atoms with Crippen LogP contribution in [-0.4, -0.2) is 20.6 Å². The monoisotopic (exact) mass is 284 g/mol. The van der Waals surface area contributed by atoms with Gasteiger partial charge in [-0.05, 0) is 35.4 Å². The molecule has 0 aliphatic rings. The molecule has 0 radical (unpaired) electrons. The van der Waals surface area contributed by atoms with Gasteiger partial charge in [0.2, 0.25) is 0 Å². The van der Waals surface area contributed by atoms with Crippen LogP contribution in [0.25, 0.3) is 0 Å². The molecular formula is C17H20N2O2. The molecule has 0 aliphatic heterocycles. The topological polar surface area (TPSA) is 42.8 Å². The second kappa shape index (κ2) is 7.94. The maximum absolute atomic E-state index is 5.12. The summed E-state index contributed by atoms with van der Waals surface area (Å²) in [6.45, 7) is 1.40. The number of ether oxygens (including phenoxy) is 2. The van der Waals surface area contributed by atoms with Gasteiger partial charge < -0.3 is 14.8 Å². The van der Waals surface area contributed by atoms with Gasteiger partial charge in [0.25, 0.3) is 0 Å². The predicted molar refractivity (Wildman–Crippen MR) is 85.0 cm³/mol. The van der Waals surface area contributed by atoms with Gasteiger partial charge in [0.1, 0.15) is 11.5 Å². The Balaban J connectivity index is 1.74. The van der Waals surface area contributed by atoms with Gasteiger partial charge in [0.05, 0.1) is 27.1 Å². The van der Waals surface area contributed by atoms with Crippen molar-refractivity contribution in [3.8, 4) is 11.5 Å². The van der Waals surface area contributed by atoms with Crippen molar-refractivity contribution in [2.75, 3.05) is 14.2 Å². The molecule has 2 aromatic carbocycles. The van der Waals surface area contributed by atoms with Crippen molar-refractivity contribution in [1.82, 2.24) is 5.32 Å². The number of methoxy groups -OCH3 is 2. The normalized spacial score (nSPS) is 10.6. The summed E-state index contributed by atoms with van der Waals surface area (Å²) in [4.78, 5) is 4.34. The van der Waals surface area contributed by atoms with Gasteiger partial charge in [0, 0.05) is 6.54 Å². The average molecular weight is 284 g/mol. The Morgan fingerprint density at radius 1 is 0.857 bits per heavy atom. The number of nitrogens with one attached hydrogen (secondary N) is 1. The van der Waals surface area contributed by atoms with Crippen LogP contribution < -0.4 is 14.8 Å². The van der Waals surface area contributed by atoms with Crippen LogP contribution in [0.4, 0.5) is 0 Å². The van der Waals surface area contributed by atoms with E-state index in [1.807, 2.05) is 48.5 Å². The van der Waals surface area contributed by atoms with Crippen LogP contribution in [0, 0.1) is 0 Å². The highest BCUT2D eigenvalue weighted by atomic mass is 16.5. The summed E-state index contributed by atoms with van der Waals surface area (Å²) in [6, 6.07) is 15.9. The molecule has 4 heteroatoms. The average Bonchev–Trinajstić information content (AvgIpc) is 2.55. The zero-order chi connectivity index (χ0) is 14.9. The first-order valence-electron chi connectivity index (χ1n) is 6.79. The zero-order valence-corrected chi connectivity index (χ0v) is 12.4. The smallest absolute Gasteiger partial charge is 0.118 e. The molecule has 4 nitrogen and oxygen atoms in total. The van der Waals surface area contributed by atoms with E-state index >= 15 is 0 Å². The van der Waals surface area contributed by atoms with Crippen molar-refractivity contribution in [3.05, 3.63) is 59.7 Å². The van der Waals surface area contributed by atoms with E-state index < -0.39 is 0 Å². The molecule has 0 atom stereocenters. The van der Waals surface area contributed by atoms with Gasteiger partial charge in [-0.2, -0.15) is 0 Å². The summed E-state index contributed by atoms with van der Waals surface area (Å²) in [7, 11) is 3.33. The molecule has 0 aromatic heterocycles. The van der Waals surface area contributed by atoms with Gasteiger partial charge >= 0.3 is 0 Å². The highest BCUT2D eigenvalue weighted by Crippen LogP contribution is 2.12. The van der Waals surface area contributed by atoms with Crippen LogP contribution in [0.15, 0.2) is 53.5 Å². The minimum Gasteiger partial charge on any atom is -0.497 e. The number of hydrogen-bond acceptors (Lipinski definition) is 3. The summed E-state index contributed by atoms with van der Waals surface area (Å²) < 4.78 is 10.2. The van der Waals surface area contributed by atoms with E-state index in [4.69, 9.17) is 9.47 Å². The SMILES string of the molecule is COc1ccc(CN=CNCc2ccc(OC)cc2)cc1. The molecule has 2 aromatic rings. The van der Waals surface area contributed by atoms with Crippen LogP contribution >= 0.6 is 0 Å². The van der Waals surface area contributed by atoms with Gasteiger partial charge in [-0.25, -0.2) is 0 Å². The fourth-order valence-electron chi connectivity index (χ4n) is 1.85. The molecule has 21 heavy (non-hydrogen) atoms. The Labute approximate surface area is 125 Å². The van der Waals surface area contributed by atoms with E-state index in [0.717, 1.165) is 23.6 Å². The minimum absolute atomic E-state index is 0.652. The molecule has 0 saturated carbocycles. The lowest BCUT2D eigenvalue weighted by molar-refractivity contribution is 0.414. The molecule has 0 bridgehead atoms. The summed E-state index contributed by atoms with van der Waals surface area (Å²) in [6.07, 6.45) is 1.74. The Kier molecular flexibility index (Phi) is 5.64. The zero-order valence-electron chi connectivity index (χ0n) is 12.4. The van der Waals surface area contributed by atoms with Crippen molar-refractivity contribution in [3.63, 3.8) is 0 Å². The van der Waals surface area contributed by atoms with Gasteiger partial charge in [0.15, 0.2) is 0 Å². The largest absolute Gasteiger partial charge is 0.497 e. The quantitative estimate of drug-likeness (QED) is 0.628. The first-order valence-corrected chi connectivity index (χ1v) is 6.79. The molecule has 110 valence electrons. The number of aliphatic imine (C=N–C) groups is 1. The van der Waals surface area contributed by atoms with Crippen molar-refractivity contribution < 1.29 is 9.47 Å². The number of hydrogen-bond donors (Lipinski definition) is 1. The Morgan fingerprint density at radius 3 is 1.90 bits per heavy atom. The van der Waals surface area contributed by atoms with Crippen LogP contribution in [-0.2, 0) is 13.1 Å². The molecular weight excluding hydrogens is 264 g/mol. The second-order valence-corrected chi connectivity index (χ2v) is 4.55. The standard InChI is InChI=1S/C17H20N2O2/c1-20-16-7-3-14(4-8-16)11-18-13-19-12-15-5-9-17(21-2)10-6-15/h3-10,13H,11-12H2,1-2H3,(H,18,19). The maximum atomic E-state index is 5.12. The molecule has 2 rings (SSSR count). The lowest BCUT2D eigenvalue weighted by Crippen LogP contribution is -2.10. The number of nitrogens with zero attached hydrogens (tertiary/aromatic N) is 1. The Hall–Kier alpha value is -2.49. The molecule has 0 saturated heterocycles. The van der Waals surface area contributed by atoms with Crippen LogP contribution in [0.2, 0.25) is 0 Å². The summed E-state index contributed by atoms with van der Waals surface area (Å²) in [5, 5.41) is 3.17. The third-order valence-corrected chi connectivity index (χ3v) is 3.08. The number of rotatable bonds is 7. The molecule has 0 aliphatic carbocycles. The molecule has 0 heterocycles. The highest BCUT2D eigenvalue weighted by molar-refractivity contribution is 5.54. The number of benzene rings is 2. The molecule has 0 fully saturated rings. The minimum atomic E-state index is 0.652. The lowest BCUT2D eigenvalue weighted by atomic mass is 10.2. The van der Waals surface area contributed by atoms with Gasteiger partial charge in [-0.15, -0.1) is 0 Å². The van der Waals surface area contributed by atoms with Crippen molar-refractivity contribution in [1.29, 1.82) is 0 Å². The third kappa shape index (κ3) is 4.84. The first kappa shape index (κ1) is 14.9. The Bertz CT molecular complexity index is 562. The van der Waals surface area contributed by atoms with E-state index in [1.54, 1.807) is 20.6 Å². The predicted octanol–water partition coefficient (Wildman–Crippen LogP) is 3.02. The van der Waals surface area contributed by atoms with Crippen LogP contribution in [0.5, 0.6) is 11.5 Å². The van der Waals surface area contributed by atoms with Crippen LogP contribution in [0.1, 0.15) is 11.1 Å². The van der Waals surface area contributed by atoms with E-state index in [1.165, 1.54) is 5.56 Å². The van der Waals surface area contributed by atoms with E-state index in [2.05, 4.69) is 10.3 Å². The fourth-order valence-corrected chi connectivity index (χ4v) is 1.85. The van der Waals surface area contributed by atoms with Gasteiger partial charge in [-0.1, -0.05) is 24.3 Å². The maximum Gasteiger partial charge on any atom is 0.118 e. The molecule has 0 spiro atoms. The Morgan fingerprint density at radius 2 is 1.38 bits per heavy atom. The fraction of sp³-hybridized carbons (Fsp3) is 0.235. The van der Waals surface area contributed by atoms with E-state index in [-0.39, 0.29) is 0 Å². The molecule has 0 unspecified atom stereocenters. The highest BCUT2D eigenvalue weighted by Gasteiger charge is 1.93. The van der Waals surface area contributed by atoms with Crippen LogP contribution in [0.3, 0.4) is 0 Å². The van der Waals surface area contributed by atoms with E-state index in [9.17, 15) is 0 Å². The second-order valence-electron chi connectivity index (χ2n) is 4.55. The molecule has 0 amide bonds. The van der Waals surface area contributed by atoms with E-state index in [0.29, 0.717) is 6.54 Å². The molecule has 1 N–H and O–H groups in total. The van der Waals surface area contributed by atoms with Crippen molar-refractivity contribution in [2.24, 2.45) is 4.99 Å². The van der Waals surface area contributed by atoms with Crippen molar-refractivity contribution >= 4 is 6.34 Å². The van der Waals surface area contributed by atoms with Crippen molar-refractivity contribution in [2.45, 2.75) is 13.1 Å². The summed E-state index contributed by atoms with van der Waals surface area (Å²) in [5.41, 5.74) is 2.34. The summed E-state index contributed by atoms with van der Waals surface area (Å²) in [5.74, 6) is 1.73.